The van der Waals surface area contributed by atoms with Crippen LogP contribution in [0.5, 0.6) is 0 Å². The zero-order chi connectivity index (χ0) is 15.5. The maximum Gasteiger partial charge on any atom is 0.128 e. The van der Waals surface area contributed by atoms with Gasteiger partial charge in [-0.05, 0) is 64.7 Å². The fourth-order valence-electron chi connectivity index (χ4n) is 4.16. The van der Waals surface area contributed by atoms with Crippen molar-refractivity contribution in [2.75, 3.05) is 6.67 Å². The van der Waals surface area contributed by atoms with Gasteiger partial charge in [0.15, 0.2) is 0 Å². The number of hydrogen-bond donors (Lipinski definition) is 5. The van der Waals surface area contributed by atoms with E-state index in [0.717, 1.165) is 19.0 Å². The van der Waals surface area contributed by atoms with Crippen molar-refractivity contribution < 1.29 is 4.84 Å². The normalized spacial score (nSPS) is 44.9. The lowest BCUT2D eigenvalue weighted by atomic mass is 9.77. The van der Waals surface area contributed by atoms with Gasteiger partial charge in [-0.15, -0.1) is 0 Å². The van der Waals surface area contributed by atoms with Gasteiger partial charge in [0.05, 0.1) is 12.3 Å². The van der Waals surface area contributed by atoms with Gasteiger partial charge < -0.3 is 5.32 Å². The molecule has 1 aliphatic carbocycles. The Hall–Kier alpha value is -0.240. The molecule has 2 heterocycles. The molecule has 6 heteroatoms. The molecule has 3 aliphatic rings. The summed E-state index contributed by atoms with van der Waals surface area (Å²) in [6, 6.07) is 1.19. The van der Waals surface area contributed by atoms with Crippen LogP contribution >= 0.6 is 0 Å². The molecule has 5 N–H and O–H groups in total. The molecule has 3 fully saturated rings. The van der Waals surface area contributed by atoms with Crippen LogP contribution in [0.25, 0.3) is 0 Å². The Kier molecular flexibility index (Phi) is 5.70. The van der Waals surface area contributed by atoms with Gasteiger partial charge in [-0.3, -0.25) is 20.8 Å². The van der Waals surface area contributed by atoms with E-state index in [4.69, 9.17) is 4.84 Å². The second-order valence-electron chi connectivity index (χ2n) is 7.43. The molecule has 0 radical (unpaired) electrons. The van der Waals surface area contributed by atoms with Crippen LogP contribution in [-0.2, 0) is 4.84 Å². The van der Waals surface area contributed by atoms with Crippen molar-refractivity contribution in [3.63, 3.8) is 0 Å². The van der Waals surface area contributed by atoms with E-state index in [9.17, 15) is 0 Å². The minimum Gasteiger partial charge on any atom is -0.302 e. The molecule has 0 amide bonds. The highest BCUT2D eigenvalue weighted by Gasteiger charge is 2.34. The predicted octanol–water partition coefficient (Wildman–Crippen LogP) is 0.822. The van der Waals surface area contributed by atoms with Crippen molar-refractivity contribution >= 4 is 0 Å². The number of hydroxylamine groups is 1. The van der Waals surface area contributed by atoms with Crippen LogP contribution in [0.3, 0.4) is 0 Å². The summed E-state index contributed by atoms with van der Waals surface area (Å²) in [7, 11) is 0. The summed E-state index contributed by atoms with van der Waals surface area (Å²) < 4.78 is 0. The maximum atomic E-state index is 5.42. The molecule has 128 valence electrons. The van der Waals surface area contributed by atoms with Gasteiger partial charge >= 0.3 is 0 Å². The third-order valence-electron chi connectivity index (χ3n) is 5.63. The van der Waals surface area contributed by atoms with E-state index in [-0.39, 0.29) is 6.23 Å². The summed E-state index contributed by atoms with van der Waals surface area (Å²) in [6.07, 6.45) is 7.28. The number of rotatable bonds is 4. The third-order valence-corrected chi connectivity index (χ3v) is 5.63. The first-order valence-electron chi connectivity index (χ1n) is 9.02. The van der Waals surface area contributed by atoms with Gasteiger partial charge in [0, 0.05) is 18.8 Å². The van der Waals surface area contributed by atoms with E-state index < -0.39 is 0 Å². The van der Waals surface area contributed by atoms with Crippen LogP contribution in [0.1, 0.15) is 52.9 Å². The zero-order valence-corrected chi connectivity index (χ0v) is 14.2. The van der Waals surface area contributed by atoms with Crippen LogP contribution in [0, 0.1) is 11.8 Å². The lowest BCUT2D eigenvalue weighted by Crippen LogP contribution is -2.58. The van der Waals surface area contributed by atoms with Crippen molar-refractivity contribution in [3.05, 3.63) is 0 Å². The Morgan fingerprint density at radius 2 is 1.86 bits per heavy atom. The smallest absolute Gasteiger partial charge is 0.128 e. The lowest BCUT2D eigenvalue weighted by Gasteiger charge is -2.38. The van der Waals surface area contributed by atoms with E-state index in [0.29, 0.717) is 30.3 Å². The quantitative estimate of drug-likeness (QED) is 0.530. The minimum absolute atomic E-state index is 0.135. The van der Waals surface area contributed by atoms with Gasteiger partial charge in [0.25, 0.3) is 0 Å². The average Bonchev–Trinajstić information content (AvgIpc) is 2.94. The van der Waals surface area contributed by atoms with E-state index in [2.05, 4.69) is 47.5 Å². The van der Waals surface area contributed by atoms with Crippen molar-refractivity contribution in [1.82, 2.24) is 26.7 Å². The summed E-state index contributed by atoms with van der Waals surface area (Å²) in [5, 5.41) is 14.2. The molecule has 0 aromatic carbocycles. The van der Waals surface area contributed by atoms with Crippen molar-refractivity contribution in [2.45, 2.75) is 83.5 Å². The molecular weight excluding hydrogens is 278 g/mol. The summed E-state index contributed by atoms with van der Waals surface area (Å²) in [6.45, 7) is 7.58. The van der Waals surface area contributed by atoms with E-state index in [1.807, 2.05) is 0 Å². The highest BCUT2D eigenvalue weighted by molar-refractivity contribution is 4.87. The molecule has 2 saturated heterocycles. The summed E-state index contributed by atoms with van der Waals surface area (Å²) in [4.78, 5) is 5.42. The van der Waals surface area contributed by atoms with Crippen LogP contribution in [0.4, 0.5) is 0 Å². The van der Waals surface area contributed by atoms with E-state index in [1.165, 1.54) is 25.7 Å². The van der Waals surface area contributed by atoms with Gasteiger partial charge in [-0.2, -0.15) is 5.48 Å². The molecule has 5 atom stereocenters. The molecule has 3 rings (SSSR count). The highest BCUT2D eigenvalue weighted by Crippen LogP contribution is 2.33. The second kappa shape index (κ2) is 7.55. The molecule has 0 bridgehead atoms. The Morgan fingerprint density at radius 1 is 1.09 bits per heavy atom. The number of nitrogens with one attached hydrogen (secondary N) is 5. The van der Waals surface area contributed by atoms with Crippen LogP contribution in [0.15, 0.2) is 0 Å². The topological polar surface area (TPSA) is 69.4 Å². The standard InChI is InChI=1S/C16H33N5O/c1-10-8-15(18-9-17-10)19-11(2)13-4-6-14(7-5-13)16-20-12(3)22-21-16/h10-21H,4-9H2,1-3H3. The Labute approximate surface area is 134 Å². The van der Waals surface area contributed by atoms with Crippen molar-refractivity contribution in [1.29, 1.82) is 0 Å². The van der Waals surface area contributed by atoms with E-state index in [1.54, 1.807) is 0 Å². The number of hydrogen-bond acceptors (Lipinski definition) is 6. The Bertz CT molecular complexity index is 347. The van der Waals surface area contributed by atoms with Gasteiger partial charge in [0.1, 0.15) is 6.23 Å². The molecule has 2 aliphatic heterocycles. The van der Waals surface area contributed by atoms with Crippen molar-refractivity contribution in [2.24, 2.45) is 11.8 Å². The molecule has 0 aromatic rings. The SMILES string of the molecule is CC1CC(NC(C)C2CCC(C3NOC(C)N3)CC2)NCN1. The predicted molar refractivity (Wildman–Crippen MR) is 87.7 cm³/mol. The highest BCUT2D eigenvalue weighted by atomic mass is 16.7. The first kappa shape index (κ1) is 16.6. The molecule has 6 nitrogen and oxygen atoms in total. The maximum absolute atomic E-state index is 5.42. The molecule has 5 unspecified atom stereocenters. The fraction of sp³-hybridized carbons (Fsp3) is 1.00. The van der Waals surface area contributed by atoms with Gasteiger partial charge in [-0.1, -0.05) is 0 Å². The summed E-state index contributed by atoms with van der Waals surface area (Å²) in [5.74, 6) is 1.49. The third kappa shape index (κ3) is 4.19. The van der Waals surface area contributed by atoms with Gasteiger partial charge in [0.2, 0.25) is 0 Å². The van der Waals surface area contributed by atoms with Crippen molar-refractivity contribution in [3.8, 4) is 0 Å². The second-order valence-corrected chi connectivity index (χ2v) is 7.43. The first-order chi connectivity index (χ1) is 10.6. The summed E-state index contributed by atoms with van der Waals surface area (Å²) >= 11 is 0. The largest absolute Gasteiger partial charge is 0.302 e. The molecule has 0 aromatic heterocycles. The Balaban J connectivity index is 1.40. The van der Waals surface area contributed by atoms with Crippen LogP contribution < -0.4 is 26.7 Å². The van der Waals surface area contributed by atoms with Crippen LogP contribution in [-0.4, -0.2) is 37.3 Å². The lowest BCUT2D eigenvalue weighted by molar-refractivity contribution is 0.0246. The fourth-order valence-corrected chi connectivity index (χ4v) is 4.16. The minimum atomic E-state index is 0.135. The molecular formula is C16H33N5O. The summed E-state index contributed by atoms with van der Waals surface area (Å²) in [5.41, 5.74) is 3.15. The average molecular weight is 311 g/mol. The molecule has 22 heavy (non-hydrogen) atoms. The molecule has 1 saturated carbocycles. The van der Waals surface area contributed by atoms with Crippen LogP contribution in [0.2, 0.25) is 0 Å². The molecule has 0 spiro atoms. The zero-order valence-electron chi connectivity index (χ0n) is 14.2. The monoisotopic (exact) mass is 311 g/mol. The van der Waals surface area contributed by atoms with E-state index >= 15 is 0 Å². The Morgan fingerprint density at radius 3 is 2.50 bits per heavy atom. The first-order valence-corrected chi connectivity index (χ1v) is 9.02. The van der Waals surface area contributed by atoms with Gasteiger partial charge in [-0.25, -0.2) is 0 Å².